The molecule has 0 amide bonds. The van der Waals surface area contributed by atoms with E-state index in [-0.39, 0.29) is 5.75 Å². The van der Waals surface area contributed by atoms with Crippen molar-refractivity contribution in [2.24, 2.45) is 0 Å². The van der Waals surface area contributed by atoms with Gasteiger partial charge in [0.15, 0.2) is 0 Å². The molecule has 0 radical (unpaired) electrons. The highest BCUT2D eigenvalue weighted by molar-refractivity contribution is 5.97. The van der Waals surface area contributed by atoms with E-state index in [1.54, 1.807) is 24.3 Å². The van der Waals surface area contributed by atoms with Crippen LogP contribution in [0.15, 0.2) is 30.3 Å². The van der Waals surface area contributed by atoms with Crippen LogP contribution in [0.1, 0.15) is 10.4 Å². The van der Waals surface area contributed by atoms with Crippen LogP contribution in [0.25, 0.3) is 10.8 Å². The van der Waals surface area contributed by atoms with E-state index in [1.165, 1.54) is 7.11 Å². The molecule has 0 aromatic heterocycles. The number of fused-ring (bicyclic) bond motifs is 1. The van der Waals surface area contributed by atoms with Gasteiger partial charge in [-0.05, 0) is 18.2 Å². The van der Waals surface area contributed by atoms with Crippen LogP contribution in [0.5, 0.6) is 11.5 Å². The molecule has 0 aliphatic carbocycles. The highest BCUT2D eigenvalue weighted by Crippen LogP contribution is 2.32. The molecule has 0 unspecified atom stereocenters. The Hall–Kier alpha value is -2.03. The average molecular weight is 202 g/mol. The number of hydrogen-bond acceptors (Lipinski definition) is 3. The molecule has 0 saturated carbocycles. The number of benzene rings is 2. The third-order valence-electron chi connectivity index (χ3n) is 2.31. The second-order valence-corrected chi connectivity index (χ2v) is 3.21. The monoisotopic (exact) mass is 202 g/mol. The van der Waals surface area contributed by atoms with Crippen LogP contribution in [0.2, 0.25) is 0 Å². The van der Waals surface area contributed by atoms with Gasteiger partial charge in [0.25, 0.3) is 0 Å². The molecule has 2 rings (SSSR count). The number of phenols is 1. The van der Waals surface area contributed by atoms with E-state index in [0.717, 1.165) is 11.7 Å². The Morgan fingerprint density at radius 1 is 1.27 bits per heavy atom. The number of ether oxygens (including phenoxy) is 1. The molecule has 0 fully saturated rings. The maximum absolute atomic E-state index is 10.7. The van der Waals surface area contributed by atoms with Gasteiger partial charge in [0, 0.05) is 16.3 Å². The largest absolute Gasteiger partial charge is 0.507 e. The second kappa shape index (κ2) is 3.61. The molecule has 15 heavy (non-hydrogen) atoms. The summed E-state index contributed by atoms with van der Waals surface area (Å²) in [7, 11) is 1.54. The number of carbonyl (C=O) groups excluding carboxylic acids is 1. The summed E-state index contributed by atoms with van der Waals surface area (Å²) in [6.07, 6.45) is 0.731. The summed E-state index contributed by atoms with van der Waals surface area (Å²) >= 11 is 0. The number of aldehydes is 1. The zero-order valence-electron chi connectivity index (χ0n) is 8.23. The van der Waals surface area contributed by atoms with E-state index in [1.807, 2.05) is 6.07 Å². The molecule has 0 aliphatic heterocycles. The van der Waals surface area contributed by atoms with E-state index in [2.05, 4.69) is 0 Å². The van der Waals surface area contributed by atoms with E-state index in [9.17, 15) is 9.90 Å². The topological polar surface area (TPSA) is 46.5 Å². The van der Waals surface area contributed by atoms with Crippen molar-refractivity contribution in [1.82, 2.24) is 0 Å². The van der Waals surface area contributed by atoms with Gasteiger partial charge < -0.3 is 9.84 Å². The molecular formula is C12H10O3. The van der Waals surface area contributed by atoms with Gasteiger partial charge in [-0.2, -0.15) is 0 Å². The first-order valence-corrected chi connectivity index (χ1v) is 4.51. The van der Waals surface area contributed by atoms with Crippen LogP contribution in [0.4, 0.5) is 0 Å². The summed E-state index contributed by atoms with van der Waals surface area (Å²) in [6, 6.07) is 8.44. The summed E-state index contributed by atoms with van der Waals surface area (Å²) in [5.41, 5.74) is 0.487. The fraction of sp³-hybridized carbons (Fsp3) is 0.0833. The van der Waals surface area contributed by atoms with E-state index in [0.29, 0.717) is 16.7 Å². The number of carbonyl (C=O) groups is 1. The molecule has 2 aromatic rings. The smallest absolute Gasteiger partial charge is 0.150 e. The quantitative estimate of drug-likeness (QED) is 0.760. The van der Waals surface area contributed by atoms with Gasteiger partial charge in [-0.1, -0.05) is 12.1 Å². The maximum atomic E-state index is 10.7. The zero-order valence-corrected chi connectivity index (χ0v) is 8.23. The van der Waals surface area contributed by atoms with Crippen LogP contribution in [0, 0.1) is 0 Å². The van der Waals surface area contributed by atoms with Crippen LogP contribution in [-0.2, 0) is 0 Å². The molecule has 0 saturated heterocycles. The van der Waals surface area contributed by atoms with Crippen LogP contribution in [-0.4, -0.2) is 18.5 Å². The van der Waals surface area contributed by atoms with Crippen molar-refractivity contribution in [3.63, 3.8) is 0 Å². The summed E-state index contributed by atoms with van der Waals surface area (Å²) in [6.45, 7) is 0. The van der Waals surface area contributed by atoms with Gasteiger partial charge in [-0.25, -0.2) is 0 Å². The minimum atomic E-state index is 0.148. The number of methoxy groups -OCH3 is 1. The van der Waals surface area contributed by atoms with Crippen LogP contribution < -0.4 is 4.74 Å². The number of rotatable bonds is 2. The predicted octanol–water partition coefficient (Wildman–Crippen LogP) is 2.37. The normalized spacial score (nSPS) is 10.2. The lowest BCUT2D eigenvalue weighted by atomic mass is 10.1. The molecule has 3 heteroatoms. The van der Waals surface area contributed by atoms with E-state index >= 15 is 0 Å². The molecule has 1 N–H and O–H groups in total. The lowest BCUT2D eigenvalue weighted by Gasteiger charge is -2.07. The summed E-state index contributed by atoms with van der Waals surface area (Å²) in [4.78, 5) is 10.7. The van der Waals surface area contributed by atoms with Gasteiger partial charge in [-0.15, -0.1) is 0 Å². The summed E-state index contributed by atoms with van der Waals surface area (Å²) in [5.74, 6) is 0.736. The average Bonchev–Trinajstić information content (AvgIpc) is 2.28. The maximum Gasteiger partial charge on any atom is 0.150 e. The SMILES string of the molecule is COc1cc(C=O)cc2c(O)cccc12. The Morgan fingerprint density at radius 2 is 2.07 bits per heavy atom. The molecule has 3 nitrogen and oxygen atoms in total. The van der Waals surface area contributed by atoms with Gasteiger partial charge in [0.1, 0.15) is 17.8 Å². The summed E-state index contributed by atoms with van der Waals surface area (Å²) < 4.78 is 5.15. The van der Waals surface area contributed by atoms with E-state index < -0.39 is 0 Å². The van der Waals surface area contributed by atoms with Gasteiger partial charge >= 0.3 is 0 Å². The molecule has 0 spiro atoms. The number of phenolic OH excluding ortho intramolecular Hbond substituents is 1. The van der Waals surface area contributed by atoms with Gasteiger partial charge in [0.2, 0.25) is 0 Å². The Labute approximate surface area is 86.9 Å². The second-order valence-electron chi connectivity index (χ2n) is 3.21. The summed E-state index contributed by atoms with van der Waals surface area (Å²) in [5, 5.41) is 11.1. The van der Waals surface area contributed by atoms with Crippen molar-refractivity contribution in [3.05, 3.63) is 35.9 Å². The minimum absolute atomic E-state index is 0.148. The molecule has 0 heterocycles. The predicted molar refractivity (Wildman–Crippen MR) is 57.6 cm³/mol. The minimum Gasteiger partial charge on any atom is -0.507 e. The molecule has 0 atom stereocenters. The highest BCUT2D eigenvalue weighted by Gasteiger charge is 2.06. The van der Waals surface area contributed by atoms with Crippen LogP contribution in [0.3, 0.4) is 0 Å². The van der Waals surface area contributed by atoms with Crippen molar-refractivity contribution >= 4 is 17.1 Å². The Morgan fingerprint density at radius 3 is 2.73 bits per heavy atom. The Balaban J connectivity index is 2.86. The van der Waals surface area contributed by atoms with E-state index in [4.69, 9.17) is 4.74 Å². The third kappa shape index (κ3) is 1.52. The zero-order chi connectivity index (χ0) is 10.8. The highest BCUT2D eigenvalue weighted by atomic mass is 16.5. The first kappa shape index (κ1) is 9.52. The van der Waals surface area contributed by atoms with Crippen molar-refractivity contribution in [2.45, 2.75) is 0 Å². The third-order valence-corrected chi connectivity index (χ3v) is 2.31. The lowest BCUT2D eigenvalue weighted by molar-refractivity contribution is 0.112. The Bertz CT molecular complexity index is 518. The molecule has 0 bridgehead atoms. The van der Waals surface area contributed by atoms with Gasteiger partial charge in [-0.3, -0.25) is 4.79 Å². The number of hydrogen-bond donors (Lipinski definition) is 1. The molecule has 0 aliphatic rings. The van der Waals surface area contributed by atoms with Crippen molar-refractivity contribution in [3.8, 4) is 11.5 Å². The molecule has 2 aromatic carbocycles. The van der Waals surface area contributed by atoms with Crippen molar-refractivity contribution in [2.75, 3.05) is 7.11 Å². The Kier molecular flexibility index (Phi) is 2.29. The first-order valence-electron chi connectivity index (χ1n) is 4.51. The van der Waals surface area contributed by atoms with Crippen molar-refractivity contribution < 1.29 is 14.6 Å². The first-order chi connectivity index (χ1) is 7.26. The van der Waals surface area contributed by atoms with Crippen molar-refractivity contribution in [1.29, 1.82) is 0 Å². The molecular weight excluding hydrogens is 192 g/mol. The standard InChI is InChI=1S/C12H10O3/c1-15-12-6-8(7-13)5-10-9(12)3-2-4-11(10)14/h2-7,14H,1H3. The molecule has 76 valence electrons. The van der Waals surface area contributed by atoms with Gasteiger partial charge in [0.05, 0.1) is 7.11 Å². The number of aromatic hydroxyl groups is 1. The fourth-order valence-corrected chi connectivity index (χ4v) is 1.59. The van der Waals surface area contributed by atoms with Crippen LogP contribution >= 0.6 is 0 Å². The lowest BCUT2D eigenvalue weighted by Crippen LogP contribution is -1.88. The fourth-order valence-electron chi connectivity index (χ4n) is 1.59.